The fraction of sp³-hybridized carbons (Fsp3) is 0.533. The summed E-state index contributed by atoms with van der Waals surface area (Å²) in [7, 11) is 0. The fourth-order valence-electron chi connectivity index (χ4n) is 2.76. The molecule has 0 N–H and O–H groups in total. The van der Waals surface area contributed by atoms with E-state index >= 15 is 0 Å². The minimum absolute atomic E-state index is 0.174. The molecule has 1 aliphatic carbocycles. The average Bonchev–Trinajstić information content (AvgIpc) is 2.84. The van der Waals surface area contributed by atoms with E-state index in [0.29, 0.717) is 20.8 Å². The van der Waals surface area contributed by atoms with E-state index in [9.17, 15) is 4.39 Å². The first-order chi connectivity index (χ1) is 9.42. The first-order valence-electron chi connectivity index (χ1n) is 6.82. The maximum atomic E-state index is 13.9. The molecule has 108 valence electrons. The molecular weight excluding hydrogens is 390 g/mol. The number of alkyl halides is 1. The number of aryl methyl sites for hydroxylation is 1. The number of aromatic nitrogens is 2. The lowest BCUT2D eigenvalue weighted by atomic mass is 10.1. The Hall–Kier alpha value is -0.360. The lowest BCUT2D eigenvalue weighted by molar-refractivity contribution is 0.496. The van der Waals surface area contributed by atoms with Crippen molar-refractivity contribution in [3.63, 3.8) is 0 Å². The Balaban J connectivity index is 2.06. The molecule has 1 atom stereocenters. The molecule has 0 amide bonds. The van der Waals surface area contributed by atoms with Crippen molar-refractivity contribution in [2.75, 3.05) is 5.88 Å². The van der Waals surface area contributed by atoms with E-state index in [0.717, 1.165) is 29.8 Å². The van der Waals surface area contributed by atoms with Gasteiger partial charge in [-0.1, -0.05) is 13.8 Å². The highest BCUT2D eigenvalue weighted by Gasteiger charge is 2.45. The summed E-state index contributed by atoms with van der Waals surface area (Å²) < 4.78 is 16.6. The van der Waals surface area contributed by atoms with Gasteiger partial charge in [0.25, 0.3) is 0 Å². The number of hydrogen-bond acceptors (Lipinski definition) is 1. The summed E-state index contributed by atoms with van der Waals surface area (Å²) in [5, 5.41) is 0. The maximum Gasteiger partial charge on any atom is 0.138 e. The van der Waals surface area contributed by atoms with Gasteiger partial charge in [-0.25, -0.2) is 9.37 Å². The van der Waals surface area contributed by atoms with Gasteiger partial charge in [-0.2, -0.15) is 0 Å². The molecule has 1 aromatic heterocycles. The Kier molecular flexibility index (Phi) is 3.73. The predicted octanol–water partition coefficient (Wildman–Crippen LogP) is 4.61. The molecule has 1 aromatic carbocycles. The summed E-state index contributed by atoms with van der Waals surface area (Å²) in [6.45, 7) is 5.47. The molecule has 5 heteroatoms. The summed E-state index contributed by atoms with van der Waals surface area (Å²) >= 11 is 7.89. The van der Waals surface area contributed by atoms with E-state index in [1.54, 1.807) is 6.07 Å². The van der Waals surface area contributed by atoms with E-state index in [-0.39, 0.29) is 5.82 Å². The van der Waals surface area contributed by atoms with Gasteiger partial charge < -0.3 is 4.57 Å². The molecule has 0 saturated heterocycles. The van der Waals surface area contributed by atoms with Gasteiger partial charge >= 0.3 is 0 Å². The Bertz CT molecular complexity index is 665. The number of benzene rings is 1. The van der Waals surface area contributed by atoms with Crippen molar-refractivity contribution in [1.82, 2.24) is 9.55 Å². The SMILES string of the molecule is CC1(C)CC1Cn1c(CCCl)nc2cc(I)c(F)cc21. The van der Waals surface area contributed by atoms with E-state index in [4.69, 9.17) is 11.6 Å². The van der Waals surface area contributed by atoms with Crippen molar-refractivity contribution in [2.24, 2.45) is 11.3 Å². The Morgan fingerprint density at radius 2 is 2.20 bits per heavy atom. The standard InChI is InChI=1S/C15H17ClFIN2/c1-15(2)7-9(15)8-20-13-5-10(17)11(18)6-12(13)19-14(20)3-4-16/h5-6,9H,3-4,7-8H2,1-2H3. The zero-order valence-electron chi connectivity index (χ0n) is 11.6. The van der Waals surface area contributed by atoms with E-state index in [1.807, 2.05) is 28.7 Å². The Morgan fingerprint density at radius 3 is 2.80 bits per heavy atom. The molecule has 0 aliphatic heterocycles. The van der Waals surface area contributed by atoms with Crippen LogP contribution in [0.5, 0.6) is 0 Å². The number of imidazole rings is 1. The monoisotopic (exact) mass is 406 g/mol. The minimum Gasteiger partial charge on any atom is -0.328 e. The number of nitrogens with zero attached hydrogens (tertiary/aromatic N) is 2. The van der Waals surface area contributed by atoms with E-state index in [1.165, 1.54) is 6.42 Å². The molecule has 0 bridgehead atoms. The number of rotatable bonds is 4. The summed E-state index contributed by atoms with van der Waals surface area (Å²) in [5.74, 6) is 1.99. The van der Waals surface area contributed by atoms with Crippen molar-refractivity contribution in [3.8, 4) is 0 Å². The normalized spacial score (nSPS) is 20.6. The third kappa shape index (κ3) is 2.56. The molecule has 0 radical (unpaired) electrons. The highest BCUT2D eigenvalue weighted by atomic mass is 127. The van der Waals surface area contributed by atoms with E-state index in [2.05, 4.69) is 23.4 Å². The molecule has 1 heterocycles. The van der Waals surface area contributed by atoms with Gasteiger partial charge in [0.15, 0.2) is 0 Å². The molecule has 2 nitrogen and oxygen atoms in total. The third-order valence-corrected chi connectivity index (χ3v) is 5.32. The van der Waals surface area contributed by atoms with Gasteiger partial charge in [-0.05, 0) is 46.4 Å². The zero-order chi connectivity index (χ0) is 14.5. The zero-order valence-corrected chi connectivity index (χ0v) is 14.5. The molecule has 20 heavy (non-hydrogen) atoms. The number of fused-ring (bicyclic) bond motifs is 1. The van der Waals surface area contributed by atoms with Crippen molar-refractivity contribution in [1.29, 1.82) is 0 Å². The van der Waals surface area contributed by atoms with Crippen molar-refractivity contribution in [3.05, 3.63) is 27.3 Å². The molecular formula is C15H17ClFIN2. The van der Waals surface area contributed by atoms with Crippen LogP contribution < -0.4 is 0 Å². The van der Waals surface area contributed by atoms with Gasteiger partial charge in [0.1, 0.15) is 11.6 Å². The van der Waals surface area contributed by atoms with Gasteiger partial charge in [-0.15, -0.1) is 11.6 Å². The van der Waals surface area contributed by atoms with Crippen LogP contribution in [-0.4, -0.2) is 15.4 Å². The average molecular weight is 407 g/mol. The quantitative estimate of drug-likeness (QED) is 0.536. The number of halogens is 3. The largest absolute Gasteiger partial charge is 0.328 e. The molecule has 3 rings (SSSR count). The molecule has 1 saturated carbocycles. The van der Waals surface area contributed by atoms with Gasteiger partial charge in [-0.3, -0.25) is 0 Å². The highest BCUT2D eigenvalue weighted by Crippen LogP contribution is 2.52. The topological polar surface area (TPSA) is 17.8 Å². The van der Waals surface area contributed by atoms with Crippen LogP contribution in [0.3, 0.4) is 0 Å². The molecule has 0 spiro atoms. The van der Waals surface area contributed by atoms with Crippen LogP contribution in [0.1, 0.15) is 26.1 Å². The van der Waals surface area contributed by atoms with Crippen molar-refractivity contribution >= 4 is 45.2 Å². The van der Waals surface area contributed by atoms with Crippen LogP contribution >= 0.6 is 34.2 Å². The van der Waals surface area contributed by atoms with Gasteiger partial charge in [0.2, 0.25) is 0 Å². The van der Waals surface area contributed by atoms with Gasteiger partial charge in [0.05, 0.1) is 14.6 Å². The third-order valence-electron chi connectivity index (χ3n) is 4.31. The van der Waals surface area contributed by atoms with Gasteiger partial charge in [0, 0.05) is 24.9 Å². The lowest BCUT2D eigenvalue weighted by Gasteiger charge is -2.10. The van der Waals surface area contributed by atoms with Crippen LogP contribution in [0.2, 0.25) is 0 Å². The minimum atomic E-state index is -0.174. The predicted molar refractivity (Wildman–Crippen MR) is 88.7 cm³/mol. The van der Waals surface area contributed by atoms with E-state index < -0.39 is 0 Å². The van der Waals surface area contributed by atoms with Crippen molar-refractivity contribution in [2.45, 2.75) is 33.2 Å². The summed E-state index contributed by atoms with van der Waals surface area (Å²) in [5.41, 5.74) is 2.16. The van der Waals surface area contributed by atoms with Crippen LogP contribution in [0.25, 0.3) is 11.0 Å². The van der Waals surface area contributed by atoms with Crippen LogP contribution in [-0.2, 0) is 13.0 Å². The summed E-state index contributed by atoms with van der Waals surface area (Å²) in [4.78, 5) is 4.64. The second-order valence-corrected chi connectivity index (χ2v) is 7.76. The smallest absolute Gasteiger partial charge is 0.138 e. The second kappa shape index (κ2) is 5.13. The molecule has 1 aliphatic rings. The Morgan fingerprint density at radius 1 is 1.50 bits per heavy atom. The van der Waals surface area contributed by atoms with Crippen LogP contribution in [0.15, 0.2) is 12.1 Å². The summed E-state index contributed by atoms with van der Waals surface area (Å²) in [6.07, 6.45) is 1.95. The maximum absolute atomic E-state index is 13.9. The second-order valence-electron chi connectivity index (χ2n) is 6.22. The Labute approximate surface area is 136 Å². The van der Waals surface area contributed by atoms with Crippen LogP contribution in [0.4, 0.5) is 4.39 Å². The highest BCUT2D eigenvalue weighted by molar-refractivity contribution is 14.1. The van der Waals surface area contributed by atoms with Crippen LogP contribution in [0, 0.1) is 20.7 Å². The first-order valence-corrected chi connectivity index (χ1v) is 8.44. The molecule has 1 fully saturated rings. The molecule has 1 unspecified atom stereocenters. The lowest BCUT2D eigenvalue weighted by Crippen LogP contribution is -2.08. The molecule has 2 aromatic rings. The first kappa shape index (κ1) is 14.6. The fourth-order valence-corrected chi connectivity index (χ4v) is 3.38. The summed E-state index contributed by atoms with van der Waals surface area (Å²) in [6, 6.07) is 3.43. The number of hydrogen-bond donors (Lipinski definition) is 0. The van der Waals surface area contributed by atoms with Crippen molar-refractivity contribution < 1.29 is 4.39 Å².